The third-order valence-electron chi connectivity index (χ3n) is 3.66. The van der Waals surface area contributed by atoms with Gasteiger partial charge in [0.25, 0.3) is 0 Å². The number of hydrogen-bond acceptors (Lipinski definition) is 2. The summed E-state index contributed by atoms with van der Waals surface area (Å²) in [5.74, 6) is 0.293. The van der Waals surface area contributed by atoms with E-state index in [9.17, 15) is 4.39 Å². The van der Waals surface area contributed by atoms with E-state index in [4.69, 9.17) is 16.3 Å². The standard InChI is InChI=1S/C15H21ClFNO/c1-3-18-14(15(19-2)11-5-6-11)9-10-4-7-12(16)13(17)8-10/h4,7-8,11,14-15,18H,3,5-6,9H2,1-2H3. The molecule has 0 bridgehead atoms. The van der Waals surface area contributed by atoms with Gasteiger partial charge in [0.05, 0.1) is 11.1 Å². The monoisotopic (exact) mass is 285 g/mol. The Morgan fingerprint density at radius 1 is 1.47 bits per heavy atom. The second kappa shape index (κ2) is 6.69. The number of halogens is 2. The summed E-state index contributed by atoms with van der Waals surface area (Å²) in [6.45, 7) is 2.96. The number of hydrogen-bond donors (Lipinski definition) is 1. The van der Waals surface area contributed by atoms with Gasteiger partial charge in [-0.1, -0.05) is 24.6 Å². The van der Waals surface area contributed by atoms with Crippen LogP contribution in [-0.4, -0.2) is 25.8 Å². The summed E-state index contributed by atoms with van der Waals surface area (Å²) in [5, 5.41) is 3.63. The zero-order valence-electron chi connectivity index (χ0n) is 11.5. The van der Waals surface area contributed by atoms with Crippen molar-refractivity contribution >= 4 is 11.6 Å². The molecule has 0 spiro atoms. The van der Waals surface area contributed by atoms with Crippen LogP contribution in [0.4, 0.5) is 4.39 Å². The molecule has 2 nitrogen and oxygen atoms in total. The van der Waals surface area contributed by atoms with Crippen molar-refractivity contribution in [1.29, 1.82) is 0 Å². The second-order valence-corrected chi connectivity index (χ2v) is 5.56. The second-order valence-electron chi connectivity index (χ2n) is 5.15. The van der Waals surface area contributed by atoms with Crippen LogP contribution in [-0.2, 0) is 11.2 Å². The van der Waals surface area contributed by atoms with Crippen LogP contribution in [0.3, 0.4) is 0 Å². The highest BCUT2D eigenvalue weighted by molar-refractivity contribution is 6.30. The van der Waals surface area contributed by atoms with Gasteiger partial charge in [0.15, 0.2) is 0 Å². The number of benzene rings is 1. The molecule has 2 atom stereocenters. The molecule has 0 saturated heterocycles. The molecule has 1 saturated carbocycles. The lowest BCUT2D eigenvalue weighted by atomic mass is 9.98. The molecule has 0 amide bonds. The minimum Gasteiger partial charge on any atom is -0.380 e. The van der Waals surface area contributed by atoms with E-state index in [1.54, 1.807) is 13.2 Å². The average Bonchev–Trinajstić information content (AvgIpc) is 3.19. The topological polar surface area (TPSA) is 21.3 Å². The molecule has 106 valence electrons. The molecule has 0 aromatic heterocycles. The van der Waals surface area contributed by atoms with Crippen molar-refractivity contribution in [2.24, 2.45) is 5.92 Å². The Kier molecular flexibility index (Phi) is 5.20. The number of methoxy groups -OCH3 is 1. The van der Waals surface area contributed by atoms with Gasteiger partial charge in [-0.05, 0) is 49.4 Å². The van der Waals surface area contributed by atoms with E-state index in [0.717, 1.165) is 18.5 Å². The molecule has 1 N–H and O–H groups in total. The van der Waals surface area contributed by atoms with Crippen molar-refractivity contribution in [2.75, 3.05) is 13.7 Å². The summed E-state index contributed by atoms with van der Waals surface area (Å²) in [4.78, 5) is 0. The molecule has 0 heterocycles. The van der Waals surface area contributed by atoms with Crippen LogP contribution in [0.1, 0.15) is 25.3 Å². The fourth-order valence-corrected chi connectivity index (χ4v) is 2.71. The van der Waals surface area contributed by atoms with Crippen molar-refractivity contribution in [1.82, 2.24) is 5.32 Å². The number of rotatable bonds is 7. The summed E-state index contributed by atoms with van der Waals surface area (Å²) in [7, 11) is 1.76. The molecular formula is C15H21ClFNO. The van der Waals surface area contributed by atoms with Gasteiger partial charge < -0.3 is 10.1 Å². The molecule has 1 aromatic carbocycles. The van der Waals surface area contributed by atoms with Crippen molar-refractivity contribution in [3.05, 3.63) is 34.6 Å². The van der Waals surface area contributed by atoms with Gasteiger partial charge in [-0.3, -0.25) is 0 Å². The average molecular weight is 286 g/mol. The Balaban J connectivity index is 2.08. The van der Waals surface area contributed by atoms with Crippen LogP contribution in [0.2, 0.25) is 5.02 Å². The largest absolute Gasteiger partial charge is 0.380 e. The maximum absolute atomic E-state index is 13.5. The van der Waals surface area contributed by atoms with Crippen LogP contribution in [0.15, 0.2) is 18.2 Å². The molecule has 0 radical (unpaired) electrons. The van der Waals surface area contributed by atoms with Gasteiger partial charge in [0.2, 0.25) is 0 Å². The van der Waals surface area contributed by atoms with E-state index in [0.29, 0.717) is 5.92 Å². The number of nitrogens with one attached hydrogen (secondary N) is 1. The summed E-state index contributed by atoms with van der Waals surface area (Å²) < 4.78 is 19.1. The Labute approximate surface area is 119 Å². The lowest BCUT2D eigenvalue weighted by Gasteiger charge is -2.27. The summed E-state index contributed by atoms with van der Waals surface area (Å²) in [6, 6.07) is 5.25. The SMILES string of the molecule is CCNC(Cc1ccc(Cl)c(F)c1)C(OC)C1CC1. The van der Waals surface area contributed by atoms with Crippen LogP contribution < -0.4 is 5.32 Å². The molecule has 0 aliphatic heterocycles. The molecule has 2 unspecified atom stereocenters. The molecule has 1 aliphatic rings. The molecular weight excluding hydrogens is 265 g/mol. The predicted molar refractivity (Wildman–Crippen MR) is 76.1 cm³/mol. The molecule has 1 aliphatic carbocycles. The molecule has 1 aromatic rings. The Bertz CT molecular complexity index is 423. The minimum atomic E-state index is -0.352. The van der Waals surface area contributed by atoms with Crippen LogP contribution in [0.25, 0.3) is 0 Å². The first-order valence-corrected chi connectivity index (χ1v) is 7.23. The summed E-state index contributed by atoms with van der Waals surface area (Å²) in [6.07, 6.45) is 3.43. The van der Waals surface area contributed by atoms with Gasteiger partial charge in [0, 0.05) is 13.2 Å². The quantitative estimate of drug-likeness (QED) is 0.829. The van der Waals surface area contributed by atoms with E-state index in [-0.39, 0.29) is 23.0 Å². The highest BCUT2D eigenvalue weighted by Gasteiger charge is 2.36. The molecule has 2 rings (SSSR count). The Morgan fingerprint density at radius 3 is 2.74 bits per heavy atom. The first-order valence-electron chi connectivity index (χ1n) is 6.85. The van der Waals surface area contributed by atoms with Crippen LogP contribution >= 0.6 is 11.6 Å². The first-order chi connectivity index (χ1) is 9.15. The van der Waals surface area contributed by atoms with Crippen molar-refractivity contribution < 1.29 is 9.13 Å². The highest BCUT2D eigenvalue weighted by atomic mass is 35.5. The van der Waals surface area contributed by atoms with E-state index in [1.807, 2.05) is 6.07 Å². The van der Waals surface area contributed by atoms with E-state index < -0.39 is 0 Å². The first kappa shape index (κ1) is 14.8. The van der Waals surface area contributed by atoms with Gasteiger partial charge in [-0.15, -0.1) is 0 Å². The van der Waals surface area contributed by atoms with Crippen LogP contribution in [0, 0.1) is 11.7 Å². The fraction of sp³-hybridized carbons (Fsp3) is 0.600. The minimum absolute atomic E-state index is 0.175. The fourth-order valence-electron chi connectivity index (χ4n) is 2.60. The van der Waals surface area contributed by atoms with E-state index in [2.05, 4.69) is 12.2 Å². The van der Waals surface area contributed by atoms with Crippen molar-refractivity contribution in [2.45, 2.75) is 38.3 Å². The number of likely N-dealkylation sites (N-methyl/N-ethyl adjacent to an activating group) is 1. The highest BCUT2D eigenvalue weighted by Crippen LogP contribution is 2.36. The van der Waals surface area contributed by atoms with Gasteiger partial charge in [-0.25, -0.2) is 4.39 Å². The zero-order valence-corrected chi connectivity index (χ0v) is 12.2. The zero-order chi connectivity index (χ0) is 13.8. The Hall–Kier alpha value is -0.640. The maximum atomic E-state index is 13.5. The Morgan fingerprint density at radius 2 is 2.21 bits per heavy atom. The van der Waals surface area contributed by atoms with E-state index in [1.165, 1.54) is 18.9 Å². The lowest BCUT2D eigenvalue weighted by Crippen LogP contribution is -2.43. The smallest absolute Gasteiger partial charge is 0.142 e. The van der Waals surface area contributed by atoms with Crippen LogP contribution in [0.5, 0.6) is 0 Å². The van der Waals surface area contributed by atoms with E-state index >= 15 is 0 Å². The van der Waals surface area contributed by atoms with Gasteiger partial charge in [0.1, 0.15) is 5.82 Å². The molecule has 4 heteroatoms. The predicted octanol–water partition coefficient (Wildman–Crippen LogP) is 3.42. The lowest BCUT2D eigenvalue weighted by molar-refractivity contribution is 0.0515. The maximum Gasteiger partial charge on any atom is 0.142 e. The molecule has 1 fully saturated rings. The van der Waals surface area contributed by atoms with Gasteiger partial charge in [-0.2, -0.15) is 0 Å². The van der Waals surface area contributed by atoms with Crippen molar-refractivity contribution in [3.8, 4) is 0 Å². The molecule has 19 heavy (non-hydrogen) atoms. The summed E-state index contributed by atoms with van der Waals surface area (Å²) >= 11 is 5.71. The van der Waals surface area contributed by atoms with Gasteiger partial charge >= 0.3 is 0 Å². The normalized spacial score (nSPS) is 18.3. The number of ether oxygens (including phenoxy) is 1. The third-order valence-corrected chi connectivity index (χ3v) is 3.97. The third kappa shape index (κ3) is 3.91. The summed E-state index contributed by atoms with van der Waals surface area (Å²) in [5.41, 5.74) is 0.954. The van der Waals surface area contributed by atoms with Crippen molar-refractivity contribution in [3.63, 3.8) is 0 Å².